The Morgan fingerprint density at radius 3 is 2.19 bits per heavy atom. The standard InChI is InChI=1S/C25H25N3O3/c1-25(2,3)19-15-17(13-14-23(29)31-18-9-5-4-6-10-18)16-22(24(19)30)28-26-20-11-7-8-12-21(20)27-28/h4-12,15-16,30H,13-14H2,1-3H3. The van der Waals surface area contributed by atoms with Crippen molar-refractivity contribution in [3.05, 3.63) is 77.9 Å². The molecule has 1 heterocycles. The molecule has 6 nitrogen and oxygen atoms in total. The fourth-order valence-corrected chi connectivity index (χ4v) is 3.43. The van der Waals surface area contributed by atoms with Gasteiger partial charge >= 0.3 is 5.97 Å². The summed E-state index contributed by atoms with van der Waals surface area (Å²) < 4.78 is 5.39. The molecule has 1 N–H and O–H groups in total. The van der Waals surface area contributed by atoms with Crippen LogP contribution in [0.15, 0.2) is 66.7 Å². The fraction of sp³-hybridized carbons (Fsp3) is 0.240. The van der Waals surface area contributed by atoms with Gasteiger partial charge in [0.05, 0.1) is 0 Å². The lowest BCUT2D eigenvalue weighted by molar-refractivity contribution is -0.134. The molecule has 0 spiro atoms. The Kier molecular flexibility index (Phi) is 5.46. The van der Waals surface area contributed by atoms with Crippen LogP contribution in [0.1, 0.15) is 38.3 Å². The first-order valence-electron chi connectivity index (χ1n) is 10.3. The van der Waals surface area contributed by atoms with E-state index in [2.05, 4.69) is 10.2 Å². The minimum Gasteiger partial charge on any atom is -0.505 e. The predicted octanol–water partition coefficient (Wildman–Crippen LogP) is 4.96. The molecular weight excluding hydrogens is 390 g/mol. The quantitative estimate of drug-likeness (QED) is 0.368. The van der Waals surface area contributed by atoms with E-state index < -0.39 is 0 Å². The minimum absolute atomic E-state index is 0.142. The van der Waals surface area contributed by atoms with Gasteiger partial charge in [0.2, 0.25) is 0 Å². The van der Waals surface area contributed by atoms with Gasteiger partial charge in [-0.15, -0.1) is 15.0 Å². The van der Waals surface area contributed by atoms with E-state index in [-0.39, 0.29) is 23.6 Å². The van der Waals surface area contributed by atoms with Crippen molar-refractivity contribution >= 4 is 17.0 Å². The van der Waals surface area contributed by atoms with Crippen LogP contribution in [0.4, 0.5) is 0 Å². The smallest absolute Gasteiger partial charge is 0.311 e. The number of phenolic OH excluding ortho intramolecular Hbond substituents is 1. The second-order valence-corrected chi connectivity index (χ2v) is 8.53. The van der Waals surface area contributed by atoms with E-state index in [1.165, 1.54) is 4.80 Å². The van der Waals surface area contributed by atoms with E-state index in [0.717, 1.165) is 22.2 Å². The molecule has 3 aromatic carbocycles. The highest BCUT2D eigenvalue weighted by Crippen LogP contribution is 2.36. The van der Waals surface area contributed by atoms with Crippen LogP contribution in [-0.4, -0.2) is 26.1 Å². The third-order valence-corrected chi connectivity index (χ3v) is 5.05. The molecule has 6 heteroatoms. The number of carbonyl (C=O) groups is 1. The zero-order chi connectivity index (χ0) is 22.0. The second kappa shape index (κ2) is 8.22. The fourth-order valence-electron chi connectivity index (χ4n) is 3.43. The van der Waals surface area contributed by atoms with Crippen molar-refractivity contribution in [2.45, 2.75) is 39.0 Å². The molecule has 0 bridgehead atoms. The number of fused-ring (bicyclic) bond motifs is 1. The number of benzene rings is 3. The number of esters is 1. The number of aryl methyl sites for hydroxylation is 1. The van der Waals surface area contributed by atoms with Crippen molar-refractivity contribution in [3.8, 4) is 17.2 Å². The van der Waals surface area contributed by atoms with Crippen LogP contribution in [0.2, 0.25) is 0 Å². The van der Waals surface area contributed by atoms with Gasteiger partial charge in [-0.2, -0.15) is 0 Å². The Bertz CT molecular complexity index is 1190. The monoisotopic (exact) mass is 415 g/mol. The molecule has 0 saturated heterocycles. The van der Waals surface area contributed by atoms with Crippen molar-refractivity contribution in [2.75, 3.05) is 0 Å². The van der Waals surface area contributed by atoms with E-state index in [4.69, 9.17) is 4.74 Å². The van der Waals surface area contributed by atoms with Crippen LogP contribution >= 0.6 is 0 Å². The Balaban J connectivity index is 1.64. The van der Waals surface area contributed by atoms with Crippen LogP contribution in [0.3, 0.4) is 0 Å². The molecule has 158 valence electrons. The summed E-state index contributed by atoms with van der Waals surface area (Å²) in [4.78, 5) is 13.8. The molecule has 31 heavy (non-hydrogen) atoms. The lowest BCUT2D eigenvalue weighted by Gasteiger charge is -2.23. The number of rotatable bonds is 5. The number of ether oxygens (including phenoxy) is 1. The number of hydrogen-bond acceptors (Lipinski definition) is 5. The topological polar surface area (TPSA) is 77.2 Å². The van der Waals surface area contributed by atoms with Crippen molar-refractivity contribution in [2.24, 2.45) is 0 Å². The molecule has 0 aliphatic rings. The lowest BCUT2D eigenvalue weighted by Crippen LogP contribution is -2.15. The molecule has 0 atom stereocenters. The van der Waals surface area contributed by atoms with Crippen LogP contribution in [0, 0.1) is 0 Å². The minimum atomic E-state index is -0.305. The summed E-state index contributed by atoms with van der Waals surface area (Å²) in [7, 11) is 0. The molecule has 0 fully saturated rings. The number of aromatic hydroxyl groups is 1. The molecule has 0 radical (unpaired) electrons. The Labute approximate surface area is 181 Å². The first-order chi connectivity index (χ1) is 14.8. The zero-order valence-electron chi connectivity index (χ0n) is 17.9. The van der Waals surface area contributed by atoms with Gasteiger partial charge in [-0.3, -0.25) is 4.79 Å². The first kappa shape index (κ1) is 20.6. The summed E-state index contributed by atoms with van der Waals surface area (Å²) in [5, 5.41) is 20.0. The molecular formula is C25H25N3O3. The Morgan fingerprint density at radius 1 is 0.968 bits per heavy atom. The van der Waals surface area contributed by atoms with E-state index >= 15 is 0 Å². The van der Waals surface area contributed by atoms with Crippen LogP contribution in [0.5, 0.6) is 11.5 Å². The lowest BCUT2D eigenvalue weighted by atomic mass is 9.84. The highest BCUT2D eigenvalue weighted by molar-refractivity contribution is 5.74. The van der Waals surface area contributed by atoms with Crippen LogP contribution < -0.4 is 4.74 Å². The van der Waals surface area contributed by atoms with E-state index in [1.54, 1.807) is 12.1 Å². The molecule has 0 amide bonds. The van der Waals surface area contributed by atoms with E-state index in [1.807, 2.05) is 75.4 Å². The summed E-state index contributed by atoms with van der Waals surface area (Å²) >= 11 is 0. The first-order valence-corrected chi connectivity index (χ1v) is 10.3. The maximum absolute atomic E-state index is 12.3. The van der Waals surface area contributed by atoms with Gasteiger partial charge in [-0.25, -0.2) is 0 Å². The van der Waals surface area contributed by atoms with Crippen molar-refractivity contribution < 1.29 is 14.6 Å². The Morgan fingerprint density at radius 2 is 1.58 bits per heavy atom. The van der Waals surface area contributed by atoms with Gasteiger partial charge in [0.25, 0.3) is 0 Å². The zero-order valence-corrected chi connectivity index (χ0v) is 17.9. The molecule has 4 aromatic rings. The summed E-state index contributed by atoms with van der Waals surface area (Å²) in [6.45, 7) is 6.10. The van der Waals surface area contributed by atoms with Gasteiger partial charge in [-0.05, 0) is 47.7 Å². The third-order valence-electron chi connectivity index (χ3n) is 5.05. The Hall–Kier alpha value is -3.67. The van der Waals surface area contributed by atoms with E-state index in [0.29, 0.717) is 17.9 Å². The number of phenols is 1. The summed E-state index contributed by atoms with van der Waals surface area (Å²) in [6, 6.07) is 20.4. The van der Waals surface area contributed by atoms with Gasteiger partial charge in [0.15, 0.2) is 0 Å². The predicted molar refractivity (Wildman–Crippen MR) is 120 cm³/mol. The number of hydrogen-bond donors (Lipinski definition) is 1. The van der Waals surface area contributed by atoms with E-state index in [9.17, 15) is 9.90 Å². The average Bonchev–Trinajstić information content (AvgIpc) is 3.17. The third kappa shape index (κ3) is 4.58. The normalized spacial score (nSPS) is 11.6. The highest BCUT2D eigenvalue weighted by atomic mass is 16.5. The van der Waals surface area contributed by atoms with Gasteiger partial charge in [-0.1, -0.05) is 57.2 Å². The number of carbonyl (C=O) groups excluding carboxylic acids is 1. The molecule has 0 aliphatic carbocycles. The van der Waals surface area contributed by atoms with Crippen LogP contribution in [-0.2, 0) is 16.6 Å². The second-order valence-electron chi connectivity index (χ2n) is 8.53. The van der Waals surface area contributed by atoms with Gasteiger partial charge < -0.3 is 9.84 Å². The van der Waals surface area contributed by atoms with Crippen molar-refractivity contribution in [1.82, 2.24) is 15.0 Å². The maximum Gasteiger partial charge on any atom is 0.311 e. The molecule has 0 aliphatic heterocycles. The van der Waals surface area contributed by atoms with Crippen LogP contribution in [0.25, 0.3) is 16.7 Å². The highest BCUT2D eigenvalue weighted by Gasteiger charge is 2.23. The van der Waals surface area contributed by atoms with Crippen molar-refractivity contribution in [1.29, 1.82) is 0 Å². The molecule has 1 aromatic heterocycles. The SMILES string of the molecule is CC(C)(C)c1cc(CCC(=O)Oc2ccccc2)cc(-n2nc3ccccc3n2)c1O. The van der Waals surface area contributed by atoms with Gasteiger partial charge in [0.1, 0.15) is 28.2 Å². The van der Waals surface area contributed by atoms with Gasteiger partial charge in [0, 0.05) is 12.0 Å². The molecule has 0 unspecified atom stereocenters. The summed E-state index contributed by atoms with van der Waals surface area (Å²) in [5.74, 6) is 0.367. The maximum atomic E-state index is 12.3. The summed E-state index contributed by atoms with van der Waals surface area (Å²) in [6.07, 6.45) is 0.694. The number of aromatic nitrogens is 3. The molecule has 0 saturated carbocycles. The molecule has 4 rings (SSSR count). The summed E-state index contributed by atoms with van der Waals surface area (Å²) in [5.41, 5.74) is 3.37. The van der Waals surface area contributed by atoms with Crippen molar-refractivity contribution in [3.63, 3.8) is 0 Å². The average molecular weight is 415 g/mol. The number of para-hydroxylation sites is 1. The number of nitrogens with zero attached hydrogens (tertiary/aromatic N) is 3. The largest absolute Gasteiger partial charge is 0.505 e.